The van der Waals surface area contributed by atoms with Gasteiger partial charge < -0.3 is 15.2 Å². The molecule has 5 heteroatoms. The minimum absolute atomic E-state index is 0.275. The molecule has 0 aliphatic carbocycles. The fourth-order valence-electron chi connectivity index (χ4n) is 1.88. The summed E-state index contributed by atoms with van der Waals surface area (Å²) in [4.78, 5) is 22.7. The molecule has 5 nitrogen and oxygen atoms in total. The van der Waals surface area contributed by atoms with Gasteiger partial charge in [-0.05, 0) is 32.4 Å². The van der Waals surface area contributed by atoms with Crippen LogP contribution in [-0.2, 0) is 14.3 Å². The molecule has 0 amide bonds. The van der Waals surface area contributed by atoms with Crippen LogP contribution >= 0.6 is 0 Å². The van der Waals surface area contributed by atoms with Gasteiger partial charge in [-0.3, -0.25) is 9.59 Å². The lowest BCUT2D eigenvalue weighted by Gasteiger charge is -2.17. The number of carboxylic acid groups (broad SMARTS) is 1. The van der Waals surface area contributed by atoms with E-state index in [2.05, 4.69) is 5.32 Å². The standard InChI is InChI=1S/C15H21NO4/c1-3-20-15(19)13(12-7-5-4-6-8-12)9-10-16-11(2)14(17)18/h4-8,11,13,16H,3,9-10H2,1-2H3,(H,17,18)/t11?,13-/m0/s1. The van der Waals surface area contributed by atoms with E-state index in [0.717, 1.165) is 5.56 Å². The Labute approximate surface area is 118 Å². The van der Waals surface area contributed by atoms with E-state index in [0.29, 0.717) is 19.6 Å². The average Bonchev–Trinajstić information content (AvgIpc) is 2.44. The van der Waals surface area contributed by atoms with Crippen LogP contribution in [0.25, 0.3) is 0 Å². The third-order valence-electron chi connectivity index (χ3n) is 3.03. The van der Waals surface area contributed by atoms with Gasteiger partial charge >= 0.3 is 11.9 Å². The number of benzene rings is 1. The Hall–Kier alpha value is -1.88. The van der Waals surface area contributed by atoms with E-state index in [-0.39, 0.29) is 11.9 Å². The number of carboxylic acids is 1. The molecule has 0 aliphatic heterocycles. The third kappa shape index (κ3) is 5.01. The zero-order valence-electron chi connectivity index (χ0n) is 11.8. The van der Waals surface area contributed by atoms with Gasteiger partial charge in [0, 0.05) is 0 Å². The highest BCUT2D eigenvalue weighted by atomic mass is 16.5. The lowest BCUT2D eigenvalue weighted by atomic mass is 9.95. The van der Waals surface area contributed by atoms with Gasteiger partial charge in [-0.25, -0.2) is 0 Å². The number of esters is 1. The first-order chi connectivity index (χ1) is 9.56. The van der Waals surface area contributed by atoms with Gasteiger partial charge in [-0.1, -0.05) is 30.3 Å². The molecule has 2 atom stereocenters. The molecule has 2 N–H and O–H groups in total. The van der Waals surface area contributed by atoms with Crippen molar-refractivity contribution in [1.82, 2.24) is 5.32 Å². The average molecular weight is 279 g/mol. The first kappa shape index (κ1) is 16.2. The Morgan fingerprint density at radius 3 is 2.50 bits per heavy atom. The van der Waals surface area contributed by atoms with Gasteiger partial charge in [0.2, 0.25) is 0 Å². The van der Waals surface area contributed by atoms with Crippen LogP contribution in [0, 0.1) is 0 Å². The van der Waals surface area contributed by atoms with Crippen molar-refractivity contribution >= 4 is 11.9 Å². The summed E-state index contributed by atoms with van der Waals surface area (Å²) >= 11 is 0. The SMILES string of the molecule is CCOC(=O)[C@@H](CCNC(C)C(=O)O)c1ccccc1. The number of nitrogens with one attached hydrogen (secondary N) is 1. The zero-order chi connectivity index (χ0) is 15.0. The van der Waals surface area contributed by atoms with Crippen molar-refractivity contribution < 1.29 is 19.4 Å². The topological polar surface area (TPSA) is 75.6 Å². The number of ether oxygens (including phenoxy) is 1. The summed E-state index contributed by atoms with van der Waals surface area (Å²) < 4.78 is 5.08. The molecule has 0 aliphatic rings. The Morgan fingerprint density at radius 2 is 1.95 bits per heavy atom. The first-order valence-electron chi connectivity index (χ1n) is 6.74. The minimum Gasteiger partial charge on any atom is -0.480 e. The Morgan fingerprint density at radius 1 is 1.30 bits per heavy atom. The fourth-order valence-corrected chi connectivity index (χ4v) is 1.88. The molecule has 1 unspecified atom stereocenters. The van der Waals surface area contributed by atoms with Crippen LogP contribution in [0.1, 0.15) is 31.7 Å². The number of hydrogen-bond donors (Lipinski definition) is 2. The highest BCUT2D eigenvalue weighted by molar-refractivity contribution is 5.78. The van der Waals surface area contributed by atoms with Crippen molar-refractivity contribution in [1.29, 1.82) is 0 Å². The lowest BCUT2D eigenvalue weighted by Crippen LogP contribution is -2.35. The monoisotopic (exact) mass is 279 g/mol. The maximum absolute atomic E-state index is 12.0. The molecule has 110 valence electrons. The molecule has 0 radical (unpaired) electrons. The molecule has 1 aromatic carbocycles. The molecule has 0 saturated carbocycles. The van der Waals surface area contributed by atoms with Crippen LogP contribution in [0.4, 0.5) is 0 Å². The summed E-state index contributed by atoms with van der Waals surface area (Å²) in [7, 11) is 0. The lowest BCUT2D eigenvalue weighted by molar-refractivity contribution is -0.145. The third-order valence-corrected chi connectivity index (χ3v) is 3.03. The van der Waals surface area contributed by atoms with Crippen molar-refractivity contribution in [3.63, 3.8) is 0 Å². The summed E-state index contributed by atoms with van der Waals surface area (Å²) in [5, 5.41) is 11.7. The van der Waals surface area contributed by atoms with Crippen LogP contribution in [0.2, 0.25) is 0 Å². The summed E-state index contributed by atoms with van der Waals surface area (Å²) in [6.45, 7) is 4.11. The van der Waals surface area contributed by atoms with E-state index in [1.54, 1.807) is 13.8 Å². The summed E-state index contributed by atoms with van der Waals surface area (Å²) in [5.74, 6) is -1.55. The molecular formula is C15H21NO4. The summed E-state index contributed by atoms with van der Waals surface area (Å²) in [6, 6.07) is 8.75. The zero-order valence-corrected chi connectivity index (χ0v) is 11.8. The molecule has 0 bridgehead atoms. The molecule has 0 spiro atoms. The maximum Gasteiger partial charge on any atom is 0.320 e. The maximum atomic E-state index is 12.0. The summed E-state index contributed by atoms with van der Waals surface area (Å²) in [5.41, 5.74) is 0.885. The van der Waals surface area contributed by atoms with Crippen LogP contribution in [0.3, 0.4) is 0 Å². The Kier molecular flexibility index (Phi) is 6.73. The van der Waals surface area contributed by atoms with Crippen molar-refractivity contribution in [2.45, 2.75) is 32.2 Å². The molecule has 0 heterocycles. The van der Waals surface area contributed by atoms with E-state index in [1.807, 2.05) is 30.3 Å². The van der Waals surface area contributed by atoms with Gasteiger partial charge in [-0.15, -0.1) is 0 Å². The van der Waals surface area contributed by atoms with Gasteiger partial charge in [0.15, 0.2) is 0 Å². The number of carbonyl (C=O) groups is 2. The van der Waals surface area contributed by atoms with Crippen molar-refractivity contribution in [3.05, 3.63) is 35.9 Å². The predicted molar refractivity (Wildman–Crippen MR) is 75.5 cm³/mol. The van der Waals surface area contributed by atoms with Crippen LogP contribution < -0.4 is 5.32 Å². The smallest absolute Gasteiger partial charge is 0.320 e. The minimum atomic E-state index is -0.905. The molecule has 0 saturated heterocycles. The van der Waals surface area contributed by atoms with E-state index in [9.17, 15) is 9.59 Å². The van der Waals surface area contributed by atoms with Crippen LogP contribution in [0.15, 0.2) is 30.3 Å². The van der Waals surface area contributed by atoms with Gasteiger partial charge in [0.25, 0.3) is 0 Å². The molecule has 0 aromatic heterocycles. The molecule has 1 rings (SSSR count). The highest BCUT2D eigenvalue weighted by Crippen LogP contribution is 2.20. The van der Waals surface area contributed by atoms with Crippen molar-refractivity contribution in [2.75, 3.05) is 13.2 Å². The first-order valence-corrected chi connectivity index (χ1v) is 6.74. The number of hydrogen-bond acceptors (Lipinski definition) is 4. The van der Waals surface area contributed by atoms with Crippen molar-refractivity contribution in [2.24, 2.45) is 0 Å². The number of rotatable bonds is 8. The van der Waals surface area contributed by atoms with E-state index < -0.39 is 12.0 Å². The number of carbonyl (C=O) groups excluding carboxylic acids is 1. The van der Waals surface area contributed by atoms with Gasteiger partial charge in [-0.2, -0.15) is 0 Å². The highest BCUT2D eigenvalue weighted by Gasteiger charge is 2.22. The quantitative estimate of drug-likeness (QED) is 0.709. The van der Waals surface area contributed by atoms with Gasteiger partial charge in [0.1, 0.15) is 6.04 Å². The molecule has 0 fully saturated rings. The van der Waals surface area contributed by atoms with Crippen LogP contribution in [0.5, 0.6) is 0 Å². The fraction of sp³-hybridized carbons (Fsp3) is 0.467. The second-order valence-electron chi connectivity index (χ2n) is 4.52. The molecule has 1 aromatic rings. The predicted octanol–water partition coefficient (Wildman–Crippen LogP) is 1.79. The summed E-state index contributed by atoms with van der Waals surface area (Å²) in [6.07, 6.45) is 0.500. The van der Waals surface area contributed by atoms with E-state index >= 15 is 0 Å². The van der Waals surface area contributed by atoms with Crippen LogP contribution in [-0.4, -0.2) is 36.2 Å². The Balaban J connectivity index is 2.65. The molecular weight excluding hydrogens is 258 g/mol. The van der Waals surface area contributed by atoms with Crippen molar-refractivity contribution in [3.8, 4) is 0 Å². The second-order valence-corrected chi connectivity index (χ2v) is 4.52. The van der Waals surface area contributed by atoms with E-state index in [1.165, 1.54) is 0 Å². The normalized spacial score (nSPS) is 13.5. The largest absolute Gasteiger partial charge is 0.480 e. The number of aliphatic carboxylic acids is 1. The second kappa shape index (κ2) is 8.32. The Bertz CT molecular complexity index is 433. The van der Waals surface area contributed by atoms with Gasteiger partial charge in [0.05, 0.1) is 12.5 Å². The molecule has 20 heavy (non-hydrogen) atoms. The van der Waals surface area contributed by atoms with E-state index in [4.69, 9.17) is 9.84 Å².